The van der Waals surface area contributed by atoms with Crippen LogP contribution < -0.4 is 5.32 Å². The van der Waals surface area contributed by atoms with E-state index in [-0.39, 0.29) is 17.6 Å². The number of hydrogen-bond donors (Lipinski definition) is 1. The Labute approximate surface area is 131 Å². The number of nitrogens with zero attached hydrogens (tertiary/aromatic N) is 2. The molecule has 0 saturated carbocycles. The number of aromatic nitrogens is 2. The number of Topliss-reactive ketones (excluding diaryl/α,β-unsaturated/α-hetero) is 1. The summed E-state index contributed by atoms with van der Waals surface area (Å²) in [6.07, 6.45) is 3.50. The normalized spacial score (nSPS) is 12.0. The predicted octanol–water partition coefficient (Wildman–Crippen LogP) is 3.12. The molecule has 0 saturated heterocycles. The molecule has 5 nitrogen and oxygen atoms in total. The van der Waals surface area contributed by atoms with Crippen LogP contribution in [0.4, 0.5) is 5.69 Å². The zero-order valence-electron chi connectivity index (χ0n) is 11.8. The van der Waals surface area contributed by atoms with Gasteiger partial charge in [0.2, 0.25) is 5.91 Å². The molecular formula is C15H16BrN3O2. The van der Waals surface area contributed by atoms with Crippen LogP contribution in [0.2, 0.25) is 0 Å². The van der Waals surface area contributed by atoms with Gasteiger partial charge in [0, 0.05) is 17.4 Å². The summed E-state index contributed by atoms with van der Waals surface area (Å²) >= 11 is 3.32. The van der Waals surface area contributed by atoms with E-state index < -0.39 is 0 Å². The number of amides is 1. The largest absolute Gasteiger partial charge is 0.326 e. The van der Waals surface area contributed by atoms with E-state index in [1.54, 1.807) is 35.1 Å². The molecule has 2 aromatic rings. The zero-order chi connectivity index (χ0) is 15.4. The summed E-state index contributed by atoms with van der Waals surface area (Å²) in [5.74, 6) is -0.374. The molecule has 1 atom stereocenters. The number of rotatable bonds is 5. The van der Waals surface area contributed by atoms with Crippen LogP contribution in [0.15, 0.2) is 41.1 Å². The number of carbonyl (C=O) groups is 2. The first kappa shape index (κ1) is 15.4. The van der Waals surface area contributed by atoms with Gasteiger partial charge in [0.1, 0.15) is 0 Å². The number of carbonyl (C=O) groups excluding carboxylic acids is 2. The van der Waals surface area contributed by atoms with Gasteiger partial charge in [-0.25, -0.2) is 0 Å². The summed E-state index contributed by atoms with van der Waals surface area (Å²) in [5, 5.41) is 6.95. The Kier molecular flexibility index (Phi) is 4.90. The standard InChI is InChI=1S/C15H16BrN3O2/c1-10(8-19-9-13(16)7-17-19)15(21)18-14-5-3-4-12(6-14)11(2)20/h3-7,9-10H,8H2,1-2H3,(H,18,21)/t10-/m0/s1. The molecule has 1 amide bonds. The van der Waals surface area contributed by atoms with Crippen molar-refractivity contribution in [3.05, 3.63) is 46.7 Å². The maximum absolute atomic E-state index is 12.2. The first-order valence-corrected chi connectivity index (χ1v) is 7.35. The number of hydrogen-bond acceptors (Lipinski definition) is 3. The minimum absolute atomic E-state index is 0.0273. The van der Waals surface area contributed by atoms with Crippen molar-refractivity contribution in [1.29, 1.82) is 0 Å². The summed E-state index contributed by atoms with van der Waals surface area (Å²) in [6, 6.07) is 6.92. The van der Waals surface area contributed by atoms with Crippen molar-refractivity contribution >= 4 is 33.3 Å². The zero-order valence-corrected chi connectivity index (χ0v) is 13.4. The maximum atomic E-state index is 12.2. The van der Waals surface area contributed by atoms with Crippen molar-refractivity contribution in [2.75, 3.05) is 5.32 Å². The van der Waals surface area contributed by atoms with Crippen LogP contribution in [0.1, 0.15) is 24.2 Å². The van der Waals surface area contributed by atoms with Gasteiger partial charge in [-0.2, -0.15) is 5.10 Å². The van der Waals surface area contributed by atoms with Gasteiger partial charge in [-0.1, -0.05) is 19.1 Å². The lowest BCUT2D eigenvalue weighted by Gasteiger charge is -2.12. The number of nitrogens with one attached hydrogen (secondary N) is 1. The van der Waals surface area contributed by atoms with Crippen LogP contribution >= 0.6 is 15.9 Å². The van der Waals surface area contributed by atoms with E-state index in [9.17, 15) is 9.59 Å². The molecule has 1 heterocycles. The third-order valence-corrected chi connectivity index (χ3v) is 3.46. The minimum Gasteiger partial charge on any atom is -0.326 e. The number of benzene rings is 1. The van der Waals surface area contributed by atoms with Crippen molar-refractivity contribution < 1.29 is 9.59 Å². The monoisotopic (exact) mass is 349 g/mol. The third-order valence-electron chi connectivity index (χ3n) is 3.05. The Morgan fingerprint density at radius 2 is 2.19 bits per heavy atom. The first-order valence-electron chi connectivity index (χ1n) is 6.55. The summed E-state index contributed by atoms with van der Waals surface area (Å²) < 4.78 is 2.59. The molecule has 1 N–H and O–H groups in total. The highest BCUT2D eigenvalue weighted by molar-refractivity contribution is 9.10. The molecule has 2 rings (SSSR count). The Morgan fingerprint density at radius 1 is 1.43 bits per heavy atom. The Bertz CT molecular complexity index is 666. The molecule has 110 valence electrons. The molecule has 0 radical (unpaired) electrons. The van der Waals surface area contributed by atoms with E-state index in [1.807, 2.05) is 13.1 Å². The highest BCUT2D eigenvalue weighted by Gasteiger charge is 2.14. The molecule has 0 unspecified atom stereocenters. The average Bonchev–Trinajstić information content (AvgIpc) is 2.84. The van der Waals surface area contributed by atoms with Crippen LogP contribution in [0.25, 0.3) is 0 Å². The van der Waals surface area contributed by atoms with E-state index >= 15 is 0 Å². The van der Waals surface area contributed by atoms with E-state index in [1.165, 1.54) is 6.92 Å². The Balaban J connectivity index is 2.00. The van der Waals surface area contributed by atoms with Gasteiger partial charge in [0.15, 0.2) is 5.78 Å². The van der Waals surface area contributed by atoms with Crippen molar-refractivity contribution in [3.63, 3.8) is 0 Å². The van der Waals surface area contributed by atoms with Crippen molar-refractivity contribution in [1.82, 2.24) is 9.78 Å². The fourth-order valence-corrected chi connectivity index (χ4v) is 2.21. The van der Waals surface area contributed by atoms with E-state index in [4.69, 9.17) is 0 Å². The molecule has 0 spiro atoms. The molecular weight excluding hydrogens is 334 g/mol. The quantitative estimate of drug-likeness (QED) is 0.843. The van der Waals surface area contributed by atoms with Crippen LogP contribution in [-0.2, 0) is 11.3 Å². The van der Waals surface area contributed by atoms with Crippen molar-refractivity contribution in [2.45, 2.75) is 20.4 Å². The van der Waals surface area contributed by atoms with Gasteiger partial charge >= 0.3 is 0 Å². The summed E-state index contributed by atoms with van der Waals surface area (Å²) in [4.78, 5) is 23.5. The van der Waals surface area contributed by atoms with E-state index in [0.29, 0.717) is 17.8 Å². The predicted molar refractivity (Wildman–Crippen MR) is 84.2 cm³/mol. The second kappa shape index (κ2) is 6.67. The molecule has 1 aromatic carbocycles. The number of anilines is 1. The van der Waals surface area contributed by atoms with Gasteiger partial charge in [0.05, 0.1) is 23.1 Å². The molecule has 0 bridgehead atoms. The van der Waals surface area contributed by atoms with E-state index in [2.05, 4.69) is 26.3 Å². The lowest BCUT2D eigenvalue weighted by atomic mass is 10.1. The summed E-state index contributed by atoms with van der Waals surface area (Å²) in [5.41, 5.74) is 1.21. The SMILES string of the molecule is CC(=O)c1cccc(NC(=O)[C@@H](C)Cn2cc(Br)cn2)c1. The van der Waals surface area contributed by atoms with Gasteiger partial charge in [-0.3, -0.25) is 14.3 Å². The van der Waals surface area contributed by atoms with E-state index in [0.717, 1.165) is 4.47 Å². The van der Waals surface area contributed by atoms with Crippen LogP contribution in [0, 0.1) is 5.92 Å². The number of ketones is 1. The molecule has 21 heavy (non-hydrogen) atoms. The van der Waals surface area contributed by atoms with Crippen LogP contribution in [0.3, 0.4) is 0 Å². The molecule has 0 aliphatic carbocycles. The van der Waals surface area contributed by atoms with Crippen molar-refractivity contribution in [2.24, 2.45) is 5.92 Å². The van der Waals surface area contributed by atoms with Gasteiger partial charge < -0.3 is 5.32 Å². The second-order valence-electron chi connectivity index (χ2n) is 4.91. The topological polar surface area (TPSA) is 64.0 Å². The molecule has 6 heteroatoms. The van der Waals surface area contributed by atoms with Crippen molar-refractivity contribution in [3.8, 4) is 0 Å². The molecule has 0 fully saturated rings. The fraction of sp³-hybridized carbons (Fsp3) is 0.267. The molecule has 0 aliphatic heterocycles. The van der Waals surface area contributed by atoms with Gasteiger partial charge in [0.25, 0.3) is 0 Å². The molecule has 1 aromatic heterocycles. The second-order valence-corrected chi connectivity index (χ2v) is 5.82. The highest BCUT2D eigenvalue weighted by Crippen LogP contribution is 2.14. The average molecular weight is 350 g/mol. The van der Waals surface area contributed by atoms with Gasteiger partial charge in [-0.05, 0) is 35.0 Å². The van der Waals surface area contributed by atoms with Crippen LogP contribution in [0.5, 0.6) is 0 Å². The third kappa shape index (κ3) is 4.26. The first-order chi connectivity index (χ1) is 9.95. The Morgan fingerprint density at radius 3 is 2.81 bits per heavy atom. The summed E-state index contributed by atoms with van der Waals surface area (Å²) in [6.45, 7) is 3.82. The maximum Gasteiger partial charge on any atom is 0.229 e. The lowest BCUT2D eigenvalue weighted by Crippen LogP contribution is -2.24. The highest BCUT2D eigenvalue weighted by atomic mass is 79.9. The fourth-order valence-electron chi connectivity index (χ4n) is 1.88. The smallest absolute Gasteiger partial charge is 0.229 e. The molecule has 0 aliphatic rings. The Hall–Kier alpha value is -1.95. The van der Waals surface area contributed by atoms with Gasteiger partial charge in [-0.15, -0.1) is 0 Å². The number of halogens is 1. The van der Waals surface area contributed by atoms with Crippen LogP contribution in [-0.4, -0.2) is 21.5 Å². The minimum atomic E-state index is -0.238. The summed E-state index contributed by atoms with van der Waals surface area (Å²) in [7, 11) is 0. The lowest BCUT2D eigenvalue weighted by molar-refractivity contribution is -0.119.